The third-order valence-corrected chi connectivity index (χ3v) is 3.10. The van der Waals surface area contributed by atoms with Crippen molar-refractivity contribution < 1.29 is 4.39 Å². The van der Waals surface area contributed by atoms with Gasteiger partial charge in [0.25, 0.3) is 0 Å². The van der Waals surface area contributed by atoms with Crippen molar-refractivity contribution in [3.8, 4) is 0 Å². The van der Waals surface area contributed by atoms with E-state index in [1.165, 1.54) is 6.07 Å². The maximum Gasteiger partial charge on any atom is 0.142 e. The molecule has 0 atom stereocenters. The van der Waals surface area contributed by atoms with Gasteiger partial charge in [0.05, 0.1) is 0 Å². The standard InChI is InChI=1S/C13H13FN4/c14-10-5-4-9-6-7-18(11(9)8-10)13-3-1-2-12(16-13)17-15/h1-5,8H,6-7,15H2,(H,16,17). The largest absolute Gasteiger partial charge is 0.326 e. The van der Waals surface area contributed by atoms with E-state index in [-0.39, 0.29) is 5.82 Å². The number of fused-ring (bicyclic) bond motifs is 1. The number of rotatable bonds is 2. The van der Waals surface area contributed by atoms with Crippen molar-refractivity contribution in [1.29, 1.82) is 0 Å². The topological polar surface area (TPSA) is 54.2 Å². The molecule has 1 aromatic heterocycles. The van der Waals surface area contributed by atoms with Gasteiger partial charge in [-0.3, -0.25) is 0 Å². The maximum atomic E-state index is 13.3. The molecule has 0 spiro atoms. The summed E-state index contributed by atoms with van der Waals surface area (Å²) >= 11 is 0. The molecule has 0 fully saturated rings. The van der Waals surface area contributed by atoms with Crippen LogP contribution in [-0.4, -0.2) is 11.5 Å². The van der Waals surface area contributed by atoms with E-state index in [1.807, 2.05) is 23.1 Å². The van der Waals surface area contributed by atoms with Crippen LogP contribution in [0.2, 0.25) is 0 Å². The van der Waals surface area contributed by atoms with Gasteiger partial charge in [0, 0.05) is 12.2 Å². The number of hydrazine groups is 1. The van der Waals surface area contributed by atoms with Crippen LogP contribution in [-0.2, 0) is 6.42 Å². The lowest BCUT2D eigenvalue weighted by Gasteiger charge is -2.18. The molecule has 92 valence electrons. The van der Waals surface area contributed by atoms with E-state index in [0.717, 1.165) is 30.0 Å². The van der Waals surface area contributed by atoms with Gasteiger partial charge < -0.3 is 10.3 Å². The van der Waals surface area contributed by atoms with Gasteiger partial charge in [-0.05, 0) is 36.2 Å². The fourth-order valence-electron chi connectivity index (χ4n) is 2.24. The van der Waals surface area contributed by atoms with Gasteiger partial charge in [0.1, 0.15) is 17.5 Å². The van der Waals surface area contributed by atoms with Crippen LogP contribution >= 0.6 is 0 Å². The Morgan fingerprint density at radius 1 is 1.28 bits per heavy atom. The molecule has 0 bridgehead atoms. The summed E-state index contributed by atoms with van der Waals surface area (Å²) < 4.78 is 13.3. The highest BCUT2D eigenvalue weighted by molar-refractivity contribution is 5.68. The molecule has 0 saturated carbocycles. The molecule has 5 heteroatoms. The van der Waals surface area contributed by atoms with Crippen LogP contribution in [0.5, 0.6) is 0 Å². The van der Waals surface area contributed by atoms with Crippen molar-refractivity contribution >= 4 is 17.3 Å². The Morgan fingerprint density at radius 3 is 3.00 bits per heavy atom. The average molecular weight is 244 g/mol. The van der Waals surface area contributed by atoms with Crippen LogP contribution in [0.1, 0.15) is 5.56 Å². The highest BCUT2D eigenvalue weighted by Crippen LogP contribution is 2.34. The molecule has 0 radical (unpaired) electrons. The van der Waals surface area contributed by atoms with Gasteiger partial charge in [-0.15, -0.1) is 0 Å². The lowest BCUT2D eigenvalue weighted by atomic mass is 10.2. The number of hydrogen-bond donors (Lipinski definition) is 2. The lowest BCUT2D eigenvalue weighted by Crippen LogP contribution is -2.16. The van der Waals surface area contributed by atoms with Gasteiger partial charge in [-0.2, -0.15) is 0 Å². The number of nitrogens with two attached hydrogens (primary N) is 1. The number of pyridine rings is 1. The first kappa shape index (κ1) is 11.0. The van der Waals surface area contributed by atoms with E-state index < -0.39 is 0 Å². The molecule has 0 amide bonds. The Morgan fingerprint density at radius 2 is 2.17 bits per heavy atom. The summed E-state index contributed by atoms with van der Waals surface area (Å²) in [5.74, 6) is 6.48. The van der Waals surface area contributed by atoms with E-state index in [0.29, 0.717) is 5.82 Å². The lowest BCUT2D eigenvalue weighted by molar-refractivity contribution is 0.628. The Labute approximate surface area is 104 Å². The number of aromatic nitrogens is 1. The van der Waals surface area contributed by atoms with E-state index in [2.05, 4.69) is 10.4 Å². The molecule has 3 rings (SSSR count). The summed E-state index contributed by atoms with van der Waals surface area (Å²) in [4.78, 5) is 6.37. The molecule has 2 aromatic rings. The van der Waals surface area contributed by atoms with E-state index in [9.17, 15) is 4.39 Å². The van der Waals surface area contributed by atoms with Crippen LogP contribution in [0.3, 0.4) is 0 Å². The third-order valence-electron chi connectivity index (χ3n) is 3.10. The number of benzene rings is 1. The summed E-state index contributed by atoms with van der Waals surface area (Å²) in [6.45, 7) is 0.805. The summed E-state index contributed by atoms with van der Waals surface area (Å²) in [7, 11) is 0. The molecular weight excluding hydrogens is 231 g/mol. The molecule has 1 aliphatic heterocycles. The summed E-state index contributed by atoms with van der Waals surface area (Å²) in [5.41, 5.74) is 4.54. The number of halogens is 1. The molecule has 3 N–H and O–H groups in total. The molecule has 1 aliphatic rings. The second-order valence-corrected chi connectivity index (χ2v) is 4.20. The fraction of sp³-hybridized carbons (Fsp3) is 0.154. The van der Waals surface area contributed by atoms with Crippen LogP contribution in [0, 0.1) is 5.82 Å². The minimum atomic E-state index is -0.228. The number of anilines is 3. The van der Waals surface area contributed by atoms with Gasteiger partial charge >= 0.3 is 0 Å². The average Bonchev–Trinajstić information content (AvgIpc) is 2.81. The molecule has 0 unspecified atom stereocenters. The van der Waals surface area contributed by atoms with E-state index in [1.54, 1.807) is 12.1 Å². The molecule has 4 nitrogen and oxygen atoms in total. The Bertz CT molecular complexity index is 585. The first-order valence-corrected chi connectivity index (χ1v) is 5.77. The summed E-state index contributed by atoms with van der Waals surface area (Å²) in [5, 5.41) is 0. The van der Waals surface area contributed by atoms with Crippen molar-refractivity contribution in [1.82, 2.24) is 4.98 Å². The molecule has 1 aromatic carbocycles. The Balaban J connectivity index is 2.02. The number of nitrogens with one attached hydrogen (secondary N) is 1. The smallest absolute Gasteiger partial charge is 0.142 e. The first-order chi connectivity index (χ1) is 8.78. The van der Waals surface area contributed by atoms with E-state index in [4.69, 9.17) is 5.84 Å². The van der Waals surface area contributed by atoms with Crippen molar-refractivity contribution in [3.05, 3.63) is 47.8 Å². The molecule has 18 heavy (non-hydrogen) atoms. The normalized spacial score (nSPS) is 13.6. The zero-order chi connectivity index (χ0) is 12.5. The highest BCUT2D eigenvalue weighted by atomic mass is 19.1. The Hall–Kier alpha value is -2.14. The Kier molecular flexibility index (Phi) is 2.60. The van der Waals surface area contributed by atoms with E-state index >= 15 is 0 Å². The SMILES string of the molecule is NNc1cccc(N2CCc3ccc(F)cc32)n1. The molecule has 0 aliphatic carbocycles. The molecular formula is C13H13FN4. The number of hydrogen-bond acceptors (Lipinski definition) is 4. The second kappa shape index (κ2) is 4.27. The second-order valence-electron chi connectivity index (χ2n) is 4.20. The number of nitrogen functional groups attached to an aromatic ring is 1. The minimum Gasteiger partial charge on any atom is -0.326 e. The number of nitrogens with zero attached hydrogens (tertiary/aromatic N) is 2. The molecule has 0 saturated heterocycles. The van der Waals surface area contributed by atoms with Crippen LogP contribution in [0.4, 0.5) is 21.7 Å². The summed E-state index contributed by atoms with van der Waals surface area (Å²) in [6.07, 6.45) is 0.900. The zero-order valence-electron chi connectivity index (χ0n) is 9.73. The van der Waals surface area contributed by atoms with Gasteiger partial charge in [0.2, 0.25) is 0 Å². The monoisotopic (exact) mass is 244 g/mol. The predicted molar refractivity (Wildman–Crippen MR) is 69.2 cm³/mol. The van der Waals surface area contributed by atoms with Crippen LogP contribution in [0.15, 0.2) is 36.4 Å². The highest BCUT2D eigenvalue weighted by Gasteiger charge is 2.21. The fourth-order valence-corrected chi connectivity index (χ4v) is 2.24. The summed E-state index contributed by atoms with van der Waals surface area (Å²) in [6, 6.07) is 10.4. The first-order valence-electron chi connectivity index (χ1n) is 5.77. The van der Waals surface area contributed by atoms with Crippen molar-refractivity contribution in [2.45, 2.75) is 6.42 Å². The maximum absolute atomic E-state index is 13.3. The van der Waals surface area contributed by atoms with Crippen LogP contribution < -0.4 is 16.2 Å². The minimum absolute atomic E-state index is 0.228. The molecule has 2 heterocycles. The predicted octanol–water partition coefficient (Wildman–Crippen LogP) is 2.20. The van der Waals surface area contributed by atoms with Crippen LogP contribution in [0.25, 0.3) is 0 Å². The van der Waals surface area contributed by atoms with Gasteiger partial charge in [0.15, 0.2) is 0 Å². The van der Waals surface area contributed by atoms with Crippen molar-refractivity contribution in [2.24, 2.45) is 5.84 Å². The van der Waals surface area contributed by atoms with Gasteiger partial charge in [-0.1, -0.05) is 12.1 Å². The zero-order valence-corrected chi connectivity index (χ0v) is 9.73. The van der Waals surface area contributed by atoms with Crippen molar-refractivity contribution in [3.63, 3.8) is 0 Å². The third kappa shape index (κ3) is 1.78. The quantitative estimate of drug-likeness (QED) is 0.628. The van der Waals surface area contributed by atoms with Crippen molar-refractivity contribution in [2.75, 3.05) is 16.9 Å². The van der Waals surface area contributed by atoms with Gasteiger partial charge in [-0.25, -0.2) is 15.2 Å².